The van der Waals surface area contributed by atoms with Crippen molar-refractivity contribution in [2.45, 2.75) is 32.0 Å². The molecule has 2 aliphatic heterocycles. The van der Waals surface area contributed by atoms with Gasteiger partial charge in [-0.05, 0) is 23.6 Å². The van der Waals surface area contributed by atoms with Crippen LogP contribution in [0.25, 0.3) is 0 Å². The monoisotopic (exact) mass is 374 g/mol. The van der Waals surface area contributed by atoms with Crippen LogP contribution in [0.2, 0.25) is 0 Å². The van der Waals surface area contributed by atoms with Crippen LogP contribution in [0.1, 0.15) is 34.3 Å². The molecule has 3 N–H and O–H groups in total. The van der Waals surface area contributed by atoms with Crippen molar-refractivity contribution in [3.8, 4) is 0 Å². The molecular formula is C19H26N4O4. The van der Waals surface area contributed by atoms with Crippen molar-refractivity contribution < 1.29 is 19.1 Å². The van der Waals surface area contributed by atoms with E-state index in [9.17, 15) is 14.4 Å². The molecule has 1 saturated heterocycles. The van der Waals surface area contributed by atoms with E-state index in [0.717, 1.165) is 30.8 Å². The minimum Gasteiger partial charge on any atom is -0.383 e. The van der Waals surface area contributed by atoms with E-state index in [4.69, 9.17) is 4.74 Å². The van der Waals surface area contributed by atoms with Crippen LogP contribution in [-0.4, -0.2) is 62.0 Å². The molecule has 1 unspecified atom stereocenters. The van der Waals surface area contributed by atoms with Gasteiger partial charge in [0, 0.05) is 51.8 Å². The molecule has 1 aromatic carbocycles. The van der Waals surface area contributed by atoms with E-state index in [1.54, 1.807) is 12.0 Å². The lowest BCUT2D eigenvalue weighted by molar-refractivity contribution is -0.136. The van der Waals surface area contributed by atoms with Gasteiger partial charge in [0.05, 0.1) is 6.61 Å². The number of fused-ring (bicyclic) bond motifs is 1. The quantitative estimate of drug-likeness (QED) is 0.408. The number of ether oxygens (including phenoxy) is 1. The summed E-state index contributed by atoms with van der Waals surface area (Å²) < 4.78 is 4.97. The second kappa shape index (κ2) is 9.07. The van der Waals surface area contributed by atoms with Gasteiger partial charge >= 0.3 is 0 Å². The van der Waals surface area contributed by atoms with Crippen molar-refractivity contribution in [2.75, 3.05) is 33.4 Å². The number of carbonyl (C=O) groups is 3. The fourth-order valence-corrected chi connectivity index (χ4v) is 3.42. The minimum absolute atomic E-state index is 0.136. The van der Waals surface area contributed by atoms with Crippen LogP contribution in [-0.2, 0) is 27.4 Å². The Morgan fingerprint density at radius 3 is 2.78 bits per heavy atom. The molecule has 8 heteroatoms. The molecule has 0 bridgehead atoms. The smallest absolute Gasteiger partial charge is 0.255 e. The van der Waals surface area contributed by atoms with Crippen molar-refractivity contribution >= 4 is 17.7 Å². The summed E-state index contributed by atoms with van der Waals surface area (Å²) in [5, 5.41) is 8.92. The fraction of sp³-hybridized carbons (Fsp3) is 0.526. The first-order valence-electron chi connectivity index (χ1n) is 9.27. The van der Waals surface area contributed by atoms with Crippen molar-refractivity contribution in [3.05, 3.63) is 34.9 Å². The minimum atomic E-state index is -0.567. The highest BCUT2D eigenvalue weighted by molar-refractivity contribution is 6.05. The van der Waals surface area contributed by atoms with Gasteiger partial charge in [-0.25, -0.2) is 0 Å². The van der Waals surface area contributed by atoms with Crippen LogP contribution in [0.4, 0.5) is 0 Å². The average Bonchev–Trinajstić information content (AvgIpc) is 2.97. The van der Waals surface area contributed by atoms with Crippen LogP contribution in [0.3, 0.4) is 0 Å². The molecule has 0 aromatic heterocycles. The third kappa shape index (κ3) is 4.71. The highest BCUT2D eigenvalue weighted by Crippen LogP contribution is 2.28. The molecule has 3 rings (SSSR count). The maximum Gasteiger partial charge on any atom is 0.255 e. The Bertz CT molecular complexity index is 722. The molecule has 1 atom stereocenters. The summed E-state index contributed by atoms with van der Waals surface area (Å²) in [6.07, 6.45) is 0.652. The average molecular weight is 374 g/mol. The Morgan fingerprint density at radius 2 is 2.00 bits per heavy atom. The van der Waals surface area contributed by atoms with E-state index in [-0.39, 0.29) is 24.1 Å². The van der Waals surface area contributed by atoms with Crippen molar-refractivity contribution in [1.82, 2.24) is 20.9 Å². The predicted molar refractivity (Wildman–Crippen MR) is 98.9 cm³/mol. The van der Waals surface area contributed by atoms with Gasteiger partial charge in [-0.3, -0.25) is 19.7 Å². The number of imide groups is 1. The van der Waals surface area contributed by atoms with E-state index in [1.165, 1.54) is 0 Å². The number of amides is 3. The number of piperidine rings is 1. The van der Waals surface area contributed by atoms with Gasteiger partial charge in [-0.1, -0.05) is 12.1 Å². The highest BCUT2D eigenvalue weighted by Gasteiger charge is 2.38. The number of methoxy groups -OCH3 is 1. The topological polar surface area (TPSA) is 99.8 Å². The summed E-state index contributed by atoms with van der Waals surface area (Å²) in [5.41, 5.74) is 2.61. The van der Waals surface area contributed by atoms with E-state index in [1.807, 2.05) is 18.2 Å². The lowest BCUT2D eigenvalue weighted by Gasteiger charge is -2.29. The zero-order valence-corrected chi connectivity index (χ0v) is 15.5. The lowest BCUT2D eigenvalue weighted by atomic mass is 10.0. The number of hydrogen-bond acceptors (Lipinski definition) is 6. The summed E-state index contributed by atoms with van der Waals surface area (Å²) >= 11 is 0. The first-order chi connectivity index (χ1) is 13.1. The van der Waals surface area contributed by atoms with Crippen molar-refractivity contribution in [3.63, 3.8) is 0 Å². The Hall–Kier alpha value is -2.29. The molecule has 2 aliphatic rings. The molecular weight excluding hydrogens is 348 g/mol. The number of nitrogens with one attached hydrogen (secondary N) is 3. The molecule has 0 spiro atoms. The molecule has 1 aromatic rings. The molecule has 8 nitrogen and oxygen atoms in total. The van der Waals surface area contributed by atoms with Crippen LogP contribution in [0.5, 0.6) is 0 Å². The second-order valence-electron chi connectivity index (χ2n) is 6.81. The molecule has 0 saturated carbocycles. The first kappa shape index (κ1) is 19.5. The molecule has 1 fully saturated rings. The molecule has 146 valence electrons. The molecule has 0 radical (unpaired) electrons. The normalized spacial score (nSPS) is 19.4. The van der Waals surface area contributed by atoms with Crippen LogP contribution >= 0.6 is 0 Å². The van der Waals surface area contributed by atoms with Gasteiger partial charge in [0.15, 0.2) is 0 Å². The number of carbonyl (C=O) groups excluding carboxylic acids is 3. The Morgan fingerprint density at radius 1 is 1.19 bits per heavy atom. The third-order valence-electron chi connectivity index (χ3n) is 4.88. The molecule has 3 amide bonds. The SMILES string of the molecule is COCCNCCNCc1ccc2c(c1)C(=O)N(C1CCC(=O)NC1=O)C2. The standard InChI is InChI=1S/C19H26N4O4/c1-27-9-8-20-6-7-21-11-13-2-3-14-12-23(19(26)15(14)10-13)16-4-5-17(24)22-18(16)25/h2-3,10,16,20-21H,4-9,11-12H2,1H3,(H,22,24,25). The van der Waals surface area contributed by atoms with Gasteiger partial charge in [-0.15, -0.1) is 0 Å². The Balaban J connectivity index is 1.53. The van der Waals surface area contributed by atoms with Crippen molar-refractivity contribution in [1.29, 1.82) is 0 Å². The highest BCUT2D eigenvalue weighted by atomic mass is 16.5. The summed E-state index contributed by atoms with van der Waals surface area (Å²) in [6.45, 7) is 4.26. The maximum absolute atomic E-state index is 12.8. The predicted octanol–water partition coefficient (Wildman–Crippen LogP) is -0.227. The van der Waals surface area contributed by atoms with Crippen LogP contribution < -0.4 is 16.0 Å². The third-order valence-corrected chi connectivity index (χ3v) is 4.88. The summed E-state index contributed by atoms with van der Waals surface area (Å²) in [5.74, 6) is -0.789. The summed E-state index contributed by atoms with van der Waals surface area (Å²) in [7, 11) is 1.68. The fourth-order valence-electron chi connectivity index (χ4n) is 3.42. The number of benzene rings is 1. The number of rotatable bonds is 9. The molecule has 0 aliphatic carbocycles. The van der Waals surface area contributed by atoms with E-state index >= 15 is 0 Å². The largest absolute Gasteiger partial charge is 0.383 e. The van der Waals surface area contributed by atoms with Crippen molar-refractivity contribution in [2.24, 2.45) is 0 Å². The number of hydrogen-bond donors (Lipinski definition) is 3. The summed E-state index contributed by atoms with van der Waals surface area (Å²) in [4.78, 5) is 37.7. The Kier molecular flexibility index (Phi) is 6.54. The second-order valence-corrected chi connectivity index (χ2v) is 6.81. The van der Waals surface area contributed by atoms with Gasteiger partial charge in [0.1, 0.15) is 6.04 Å². The van der Waals surface area contributed by atoms with E-state index in [0.29, 0.717) is 31.7 Å². The first-order valence-corrected chi connectivity index (χ1v) is 9.27. The zero-order valence-electron chi connectivity index (χ0n) is 15.5. The van der Waals surface area contributed by atoms with Gasteiger partial charge in [0.25, 0.3) is 5.91 Å². The van der Waals surface area contributed by atoms with Crippen LogP contribution in [0.15, 0.2) is 18.2 Å². The van der Waals surface area contributed by atoms with E-state index < -0.39 is 6.04 Å². The van der Waals surface area contributed by atoms with E-state index in [2.05, 4.69) is 16.0 Å². The van der Waals surface area contributed by atoms with Gasteiger partial charge < -0.3 is 20.3 Å². The molecule has 27 heavy (non-hydrogen) atoms. The molecule has 2 heterocycles. The maximum atomic E-state index is 12.8. The Labute approximate surface area is 158 Å². The van der Waals surface area contributed by atoms with Crippen LogP contribution in [0, 0.1) is 0 Å². The number of nitrogens with zero attached hydrogens (tertiary/aromatic N) is 1. The summed E-state index contributed by atoms with van der Waals surface area (Å²) in [6, 6.07) is 5.29. The lowest BCUT2D eigenvalue weighted by Crippen LogP contribution is -2.52. The van der Waals surface area contributed by atoms with Gasteiger partial charge in [-0.2, -0.15) is 0 Å². The van der Waals surface area contributed by atoms with Gasteiger partial charge in [0.2, 0.25) is 11.8 Å². The zero-order chi connectivity index (χ0) is 19.2.